The minimum Gasteiger partial charge on any atom is -0.496 e. The van der Waals surface area contributed by atoms with Crippen LogP contribution in [0.25, 0.3) is 0 Å². The van der Waals surface area contributed by atoms with Crippen molar-refractivity contribution >= 4 is 11.8 Å². The maximum Gasteiger partial charge on any atom is 0.219 e. The van der Waals surface area contributed by atoms with Gasteiger partial charge in [0.05, 0.1) is 12.6 Å². The lowest BCUT2D eigenvalue weighted by Gasteiger charge is -2.43. The number of likely N-dealkylation sites (tertiary alicyclic amines) is 2. The molecule has 3 aliphatic rings. The molecule has 2 amide bonds. The molecule has 2 aliphatic heterocycles. The van der Waals surface area contributed by atoms with Crippen LogP contribution in [0, 0.1) is 5.92 Å². The van der Waals surface area contributed by atoms with E-state index >= 15 is 0 Å². The van der Waals surface area contributed by atoms with Gasteiger partial charge in [0.1, 0.15) is 5.75 Å². The normalized spacial score (nSPS) is 26.6. The van der Waals surface area contributed by atoms with Crippen LogP contribution in [-0.4, -0.2) is 60.4 Å². The van der Waals surface area contributed by atoms with E-state index in [0.29, 0.717) is 13.1 Å². The summed E-state index contributed by atoms with van der Waals surface area (Å²) in [5, 5.41) is 3.21. The topological polar surface area (TPSA) is 61.9 Å². The summed E-state index contributed by atoms with van der Waals surface area (Å²) < 4.78 is 5.72. The third-order valence-electron chi connectivity index (χ3n) is 7.06. The van der Waals surface area contributed by atoms with Crippen molar-refractivity contribution < 1.29 is 14.3 Å². The van der Waals surface area contributed by atoms with Crippen LogP contribution in [0.4, 0.5) is 0 Å². The van der Waals surface area contributed by atoms with Crippen molar-refractivity contribution in [1.29, 1.82) is 0 Å². The van der Waals surface area contributed by atoms with Gasteiger partial charge >= 0.3 is 0 Å². The van der Waals surface area contributed by atoms with Crippen LogP contribution in [0.5, 0.6) is 5.75 Å². The molecule has 4 rings (SSSR count). The Morgan fingerprint density at radius 3 is 2.55 bits per heavy atom. The number of carbonyl (C=O) groups excluding carboxylic acids is 2. The van der Waals surface area contributed by atoms with Crippen molar-refractivity contribution in [2.75, 3.05) is 33.3 Å². The second-order valence-electron chi connectivity index (χ2n) is 9.06. The molecule has 158 valence electrons. The second-order valence-corrected chi connectivity index (χ2v) is 9.06. The number of nitrogens with one attached hydrogen (secondary N) is 1. The second kappa shape index (κ2) is 7.98. The highest BCUT2D eigenvalue weighted by Crippen LogP contribution is 2.37. The Bertz CT molecular complexity index is 809. The van der Waals surface area contributed by atoms with Gasteiger partial charge < -0.3 is 15.0 Å². The highest BCUT2D eigenvalue weighted by molar-refractivity contribution is 5.76. The standard InChI is InChI=1S/C23H33N3O3/c1-16(27)24-23-8-9-25(13-21(23)14-26(15-23)17(2)28)12-20-10-18-6-4-5-7-19(18)11-22(20)29-3/h10-11,21H,4-9,12-15H2,1-3H3,(H,24,27)/t21-,23-/m1/s1. The van der Waals surface area contributed by atoms with Gasteiger partial charge in [0.2, 0.25) is 11.8 Å². The predicted molar refractivity (Wildman–Crippen MR) is 112 cm³/mol. The van der Waals surface area contributed by atoms with Crippen molar-refractivity contribution in [3.63, 3.8) is 0 Å². The number of fused-ring (bicyclic) bond motifs is 2. The van der Waals surface area contributed by atoms with Crippen molar-refractivity contribution in [3.8, 4) is 5.75 Å². The Balaban J connectivity index is 1.52. The fourth-order valence-corrected chi connectivity index (χ4v) is 5.56. The molecule has 0 aromatic heterocycles. The van der Waals surface area contributed by atoms with Crippen molar-refractivity contribution in [3.05, 3.63) is 28.8 Å². The lowest BCUT2D eigenvalue weighted by Crippen LogP contribution is -2.60. The van der Waals surface area contributed by atoms with Gasteiger partial charge in [-0.2, -0.15) is 0 Å². The van der Waals surface area contributed by atoms with Crippen molar-refractivity contribution in [1.82, 2.24) is 15.1 Å². The van der Waals surface area contributed by atoms with Crippen LogP contribution in [0.15, 0.2) is 12.1 Å². The molecule has 2 fully saturated rings. The number of hydrogen-bond acceptors (Lipinski definition) is 4. The van der Waals surface area contributed by atoms with Crippen LogP contribution < -0.4 is 10.1 Å². The zero-order valence-corrected chi connectivity index (χ0v) is 17.9. The summed E-state index contributed by atoms with van der Waals surface area (Å²) in [5.41, 5.74) is 3.88. The van der Waals surface area contributed by atoms with Gasteiger partial charge in [-0.3, -0.25) is 14.5 Å². The molecule has 6 nitrogen and oxygen atoms in total. The van der Waals surface area contributed by atoms with Crippen molar-refractivity contribution in [2.45, 2.75) is 58.0 Å². The van der Waals surface area contributed by atoms with E-state index < -0.39 is 0 Å². The molecule has 1 N–H and O–H groups in total. The first-order valence-electron chi connectivity index (χ1n) is 10.9. The van der Waals surface area contributed by atoms with Gasteiger partial charge in [0.15, 0.2) is 0 Å². The molecule has 1 aliphatic carbocycles. The molecule has 29 heavy (non-hydrogen) atoms. The SMILES string of the molecule is COc1cc2c(cc1CN1CC[C@@]3(NC(C)=O)CN(C(C)=O)C[C@H]3C1)CCCC2. The fourth-order valence-electron chi connectivity index (χ4n) is 5.56. The number of nitrogens with zero attached hydrogens (tertiary/aromatic N) is 2. The smallest absolute Gasteiger partial charge is 0.219 e. The lowest BCUT2D eigenvalue weighted by molar-refractivity contribution is -0.128. The summed E-state index contributed by atoms with van der Waals surface area (Å²) in [6.07, 6.45) is 5.71. The van der Waals surface area contributed by atoms with E-state index in [-0.39, 0.29) is 23.3 Å². The van der Waals surface area contributed by atoms with Crippen LogP contribution in [-0.2, 0) is 29.0 Å². The molecule has 0 unspecified atom stereocenters. The Hall–Kier alpha value is -2.08. The van der Waals surface area contributed by atoms with Crippen LogP contribution in [0.3, 0.4) is 0 Å². The first-order valence-corrected chi connectivity index (χ1v) is 10.9. The molecular formula is C23H33N3O3. The molecular weight excluding hydrogens is 366 g/mol. The Morgan fingerprint density at radius 1 is 1.17 bits per heavy atom. The van der Waals surface area contributed by atoms with Crippen LogP contribution in [0.2, 0.25) is 0 Å². The molecule has 0 spiro atoms. The van der Waals surface area contributed by atoms with E-state index in [0.717, 1.165) is 44.6 Å². The van der Waals surface area contributed by atoms with Gasteiger partial charge in [-0.1, -0.05) is 6.07 Å². The van der Waals surface area contributed by atoms with E-state index in [1.165, 1.54) is 29.5 Å². The van der Waals surface area contributed by atoms with Gasteiger partial charge in [-0.15, -0.1) is 0 Å². The molecule has 2 heterocycles. The molecule has 1 aromatic rings. The number of amides is 2. The molecule has 6 heteroatoms. The molecule has 0 saturated carbocycles. The molecule has 0 bridgehead atoms. The highest BCUT2D eigenvalue weighted by Gasteiger charge is 2.50. The van der Waals surface area contributed by atoms with E-state index in [4.69, 9.17) is 4.74 Å². The quantitative estimate of drug-likeness (QED) is 0.843. The molecule has 1 aromatic carbocycles. The summed E-state index contributed by atoms with van der Waals surface area (Å²) in [4.78, 5) is 28.2. The van der Waals surface area contributed by atoms with E-state index in [9.17, 15) is 9.59 Å². The number of aryl methyl sites for hydroxylation is 2. The maximum absolute atomic E-state index is 12.0. The van der Waals surface area contributed by atoms with E-state index in [2.05, 4.69) is 22.3 Å². The predicted octanol–water partition coefficient (Wildman–Crippen LogP) is 2.13. The Kier molecular flexibility index (Phi) is 5.56. The summed E-state index contributed by atoms with van der Waals surface area (Å²) in [6.45, 7) is 7.17. The maximum atomic E-state index is 12.0. The average molecular weight is 400 g/mol. The van der Waals surface area contributed by atoms with Crippen LogP contribution in [0.1, 0.15) is 49.8 Å². The average Bonchev–Trinajstić information content (AvgIpc) is 3.05. The summed E-state index contributed by atoms with van der Waals surface area (Å²) in [6, 6.07) is 4.59. The summed E-state index contributed by atoms with van der Waals surface area (Å²) in [5.74, 6) is 1.33. The number of carbonyl (C=O) groups is 2. The molecule has 0 radical (unpaired) electrons. The third kappa shape index (κ3) is 4.00. The zero-order valence-electron chi connectivity index (χ0n) is 17.9. The Labute approximate surface area is 173 Å². The minimum atomic E-state index is -0.284. The van der Waals surface area contributed by atoms with Gasteiger partial charge in [-0.25, -0.2) is 0 Å². The monoisotopic (exact) mass is 399 g/mol. The lowest BCUT2D eigenvalue weighted by atomic mass is 9.80. The van der Waals surface area contributed by atoms with Crippen molar-refractivity contribution in [2.24, 2.45) is 5.92 Å². The number of hydrogen-bond donors (Lipinski definition) is 1. The zero-order chi connectivity index (χ0) is 20.6. The molecule has 2 saturated heterocycles. The summed E-state index contributed by atoms with van der Waals surface area (Å²) in [7, 11) is 1.76. The third-order valence-corrected chi connectivity index (χ3v) is 7.06. The number of benzene rings is 1. The van der Waals surface area contributed by atoms with E-state index in [1.54, 1.807) is 21.0 Å². The van der Waals surface area contributed by atoms with Gasteiger partial charge in [0, 0.05) is 58.1 Å². The fraction of sp³-hybridized carbons (Fsp3) is 0.652. The van der Waals surface area contributed by atoms with Gasteiger partial charge in [-0.05, 0) is 49.3 Å². The minimum absolute atomic E-state index is 0.00907. The summed E-state index contributed by atoms with van der Waals surface area (Å²) >= 11 is 0. The van der Waals surface area contributed by atoms with Gasteiger partial charge in [0.25, 0.3) is 0 Å². The largest absolute Gasteiger partial charge is 0.496 e. The first-order chi connectivity index (χ1) is 13.9. The number of methoxy groups -OCH3 is 1. The Morgan fingerprint density at radius 2 is 1.90 bits per heavy atom. The number of ether oxygens (including phenoxy) is 1. The number of piperidine rings is 1. The van der Waals surface area contributed by atoms with Crippen LogP contribution >= 0.6 is 0 Å². The van der Waals surface area contributed by atoms with E-state index in [1.807, 2.05) is 4.90 Å². The first kappa shape index (κ1) is 20.2. The molecule has 2 atom stereocenters. The number of rotatable bonds is 4. The highest BCUT2D eigenvalue weighted by atomic mass is 16.5.